The van der Waals surface area contributed by atoms with Gasteiger partial charge in [-0.25, -0.2) is 0 Å². The van der Waals surface area contributed by atoms with Crippen LogP contribution in [0.15, 0.2) is 18.3 Å². The van der Waals surface area contributed by atoms with Crippen molar-refractivity contribution in [2.75, 3.05) is 51.2 Å². The highest BCUT2D eigenvalue weighted by molar-refractivity contribution is 5.92. The van der Waals surface area contributed by atoms with Crippen molar-refractivity contribution in [3.63, 3.8) is 0 Å². The lowest BCUT2D eigenvalue weighted by Gasteiger charge is -2.37. The normalized spacial score (nSPS) is 17.6. The van der Waals surface area contributed by atoms with Gasteiger partial charge in [-0.3, -0.25) is 14.7 Å². The smallest absolute Gasteiger partial charge is 0.269 e. The average molecular weight is 291 g/mol. The highest BCUT2D eigenvalue weighted by atomic mass is 16.1. The SMILES string of the molecule is CNC(=O)c1cc(N2CCN(CC(C)CN)CC2)ccn1. The molecule has 6 heteroatoms. The summed E-state index contributed by atoms with van der Waals surface area (Å²) in [5, 5.41) is 2.61. The molecule has 1 aromatic heterocycles. The number of hydrogen-bond donors (Lipinski definition) is 2. The summed E-state index contributed by atoms with van der Waals surface area (Å²) in [6.07, 6.45) is 1.70. The zero-order valence-corrected chi connectivity index (χ0v) is 12.9. The minimum atomic E-state index is -0.146. The summed E-state index contributed by atoms with van der Waals surface area (Å²) < 4.78 is 0. The first-order valence-electron chi connectivity index (χ1n) is 7.49. The van der Waals surface area contributed by atoms with E-state index >= 15 is 0 Å². The van der Waals surface area contributed by atoms with Gasteiger partial charge in [-0.1, -0.05) is 6.92 Å². The Morgan fingerprint density at radius 3 is 2.76 bits per heavy atom. The van der Waals surface area contributed by atoms with Gasteiger partial charge in [0.2, 0.25) is 0 Å². The maximum Gasteiger partial charge on any atom is 0.269 e. The number of aromatic nitrogens is 1. The number of carbonyl (C=O) groups excluding carboxylic acids is 1. The highest BCUT2D eigenvalue weighted by Crippen LogP contribution is 2.17. The number of hydrogen-bond acceptors (Lipinski definition) is 5. The molecule has 1 unspecified atom stereocenters. The Morgan fingerprint density at radius 2 is 2.14 bits per heavy atom. The molecule has 0 aliphatic carbocycles. The van der Waals surface area contributed by atoms with E-state index < -0.39 is 0 Å². The Balaban J connectivity index is 1.94. The second-order valence-electron chi connectivity index (χ2n) is 5.61. The average Bonchev–Trinajstić information content (AvgIpc) is 2.54. The van der Waals surface area contributed by atoms with Crippen LogP contribution < -0.4 is 16.0 Å². The van der Waals surface area contributed by atoms with E-state index in [-0.39, 0.29) is 5.91 Å². The van der Waals surface area contributed by atoms with Crippen molar-refractivity contribution in [1.29, 1.82) is 0 Å². The summed E-state index contributed by atoms with van der Waals surface area (Å²) in [5.41, 5.74) is 7.22. The van der Waals surface area contributed by atoms with Crippen molar-refractivity contribution in [2.45, 2.75) is 6.92 Å². The second-order valence-corrected chi connectivity index (χ2v) is 5.61. The number of anilines is 1. The summed E-state index contributed by atoms with van der Waals surface area (Å²) in [6.45, 7) is 7.97. The molecule has 1 saturated heterocycles. The van der Waals surface area contributed by atoms with Gasteiger partial charge in [0, 0.05) is 51.7 Å². The van der Waals surface area contributed by atoms with Gasteiger partial charge in [-0.2, -0.15) is 0 Å². The van der Waals surface area contributed by atoms with Crippen LogP contribution in [0.4, 0.5) is 5.69 Å². The minimum Gasteiger partial charge on any atom is -0.369 e. The molecule has 6 nitrogen and oxygen atoms in total. The third-order valence-electron chi connectivity index (χ3n) is 3.91. The van der Waals surface area contributed by atoms with Crippen molar-refractivity contribution >= 4 is 11.6 Å². The van der Waals surface area contributed by atoms with Gasteiger partial charge in [-0.05, 0) is 24.6 Å². The maximum absolute atomic E-state index is 11.6. The van der Waals surface area contributed by atoms with Gasteiger partial charge in [0.15, 0.2) is 0 Å². The summed E-state index contributed by atoms with van der Waals surface area (Å²) >= 11 is 0. The van der Waals surface area contributed by atoms with Crippen molar-refractivity contribution in [3.8, 4) is 0 Å². The molecule has 0 spiro atoms. The largest absolute Gasteiger partial charge is 0.369 e. The highest BCUT2D eigenvalue weighted by Gasteiger charge is 2.19. The molecule has 21 heavy (non-hydrogen) atoms. The van der Waals surface area contributed by atoms with Gasteiger partial charge in [-0.15, -0.1) is 0 Å². The Kier molecular flexibility index (Phi) is 5.52. The monoisotopic (exact) mass is 291 g/mol. The molecule has 2 rings (SSSR count). The molecule has 1 fully saturated rings. The Labute approximate surface area is 126 Å². The van der Waals surface area contributed by atoms with Crippen LogP contribution in [0.25, 0.3) is 0 Å². The molecular formula is C15H25N5O. The Morgan fingerprint density at radius 1 is 1.43 bits per heavy atom. The Hall–Kier alpha value is -1.66. The molecule has 3 N–H and O–H groups in total. The van der Waals surface area contributed by atoms with Gasteiger partial charge >= 0.3 is 0 Å². The van der Waals surface area contributed by atoms with Gasteiger partial charge in [0.25, 0.3) is 5.91 Å². The van der Waals surface area contributed by atoms with Gasteiger partial charge < -0.3 is 16.0 Å². The topological polar surface area (TPSA) is 74.5 Å². The number of nitrogens with zero attached hydrogens (tertiary/aromatic N) is 3. The van der Waals surface area contributed by atoms with Gasteiger partial charge in [0.1, 0.15) is 5.69 Å². The first-order valence-corrected chi connectivity index (χ1v) is 7.49. The molecule has 0 bridgehead atoms. The Bertz CT molecular complexity index is 471. The van der Waals surface area contributed by atoms with Crippen LogP contribution in [-0.4, -0.2) is 62.1 Å². The lowest BCUT2D eigenvalue weighted by Crippen LogP contribution is -2.48. The molecule has 1 atom stereocenters. The molecule has 1 amide bonds. The van der Waals surface area contributed by atoms with E-state index in [9.17, 15) is 4.79 Å². The maximum atomic E-state index is 11.6. The number of rotatable bonds is 5. The molecule has 116 valence electrons. The number of piperazine rings is 1. The lowest BCUT2D eigenvalue weighted by molar-refractivity contribution is 0.0958. The van der Waals surface area contributed by atoms with Gasteiger partial charge in [0.05, 0.1) is 0 Å². The van der Waals surface area contributed by atoms with Crippen molar-refractivity contribution in [2.24, 2.45) is 11.7 Å². The number of pyridine rings is 1. The first kappa shape index (κ1) is 15.7. The van der Waals surface area contributed by atoms with Crippen molar-refractivity contribution in [1.82, 2.24) is 15.2 Å². The van der Waals surface area contributed by atoms with E-state index in [2.05, 4.69) is 27.0 Å². The van der Waals surface area contributed by atoms with E-state index in [1.54, 1.807) is 13.2 Å². The second kappa shape index (κ2) is 7.38. The fraction of sp³-hybridized carbons (Fsp3) is 0.600. The predicted octanol–water partition coefficient (Wildman–Crippen LogP) is 0.158. The summed E-state index contributed by atoms with van der Waals surface area (Å²) in [5.74, 6) is 0.393. The van der Waals surface area contributed by atoms with Crippen LogP contribution in [0.1, 0.15) is 17.4 Å². The van der Waals surface area contributed by atoms with Crippen LogP contribution in [0.5, 0.6) is 0 Å². The van der Waals surface area contributed by atoms with E-state index in [0.29, 0.717) is 11.6 Å². The van der Waals surface area contributed by atoms with E-state index in [4.69, 9.17) is 5.73 Å². The van der Waals surface area contributed by atoms with E-state index in [1.165, 1.54) is 0 Å². The van der Waals surface area contributed by atoms with Crippen LogP contribution >= 0.6 is 0 Å². The van der Waals surface area contributed by atoms with Crippen LogP contribution in [0.3, 0.4) is 0 Å². The van der Waals surface area contributed by atoms with Crippen LogP contribution in [0.2, 0.25) is 0 Å². The van der Waals surface area contributed by atoms with Crippen molar-refractivity contribution < 1.29 is 4.79 Å². The minimum absolute atomic E-state index is 0.146. The zero-order valence-electron chi connectivity index (χ0n) is 12.9. The third kappa shape index (κ3) is 4.15. The molecule has 1 aromatic rings. The predicted molar refractivity (Wildman–Crippen MR) is 84.5 cm³/mol. The molecule has 0 saturated carbocycles. The zero-order chi connectivity index (χ0) is 15.2. The molecular weight excluding hydrogens is 266 g/mol. The molecule has 0 aromatic carbocycles. The van der Waals surface area contributed by atoms with E-state index in [0.717, 1.165) is 45.0 Å². The number of amides is 1. The quantitative estimate of drug-likeness (QED) is 0.808. The van der Waals surface area contributed by atoms with Crippen LogP contribution in [-0.2, 0) is 0 Å². The summed E-state index contributed by atoms with van der Waals surface area (Å²) in [6, 6.07) is 3.82. The summed E-state index contributed by atoms with van der Waals surface area (Å²) in [7, 11) is 1.62. The fourth-order valence-corrected chi connectivity index (χ4v) is 2.57. The molecule has 1 aliphatic heterocycles. The number of nitrogens with one attached hydrogen (secondary N) is 1. The number of nitrogens with two attached hydrogens (primary N) is 1. The van der Waals surface area contributed by atoms with Crippen molar-refractivity contribution in [3.05, 3.63) is 24.0 Å². The van der Waals surface area contributed by atoms with Crippen LogP contribution in [0, 0.1) is 5.92 Å². The number of carbonyl (C=O) groups is 1. The van der Waals surface area contributed by atoms with E-state index in [1.807, 2.05) is 12.1 Å². The third-order valence-corrected chi connectivity index (χ3v) is 3.91. The molecule has 2 heterocycles. The molecule has 1 aliphatic rings. The summed E-state index contributed by atoms with van der Waals surface area (Å²) in [4.78, 5) is 20.5. The lowest BCUT2D eigenvalue weighted by atomic mass is 10.1. The fourth-order valence-electron chi connectivity index (χ4n) is 2.57. The first-order chi connectivity index (χ1) is 10.1. The molecule has 0 radical (unpaired) electrons. The standard InChI is InChI=1S/C15H25N5O/c1-12(10-16)11-19-5-7-20(8-6-19)13-3-4-18-14(9-13)15(21)17-2/h3-4,9,12H,5-8,10-11,16H2,1-2H3,(H,17,21).